The Kier molecular flexibility index (Phi) is 3.75. The van der Waals surface area contributed by atoms with Gasteiger partial charge in [0.1, 0.15) is 13.2 Å². The van der Waals surface area contributed by atoms with Crippen molar-refractivity contribution in [3.63, 3.8) is 0 Å². The molecule has 0 radical (unpaired) electrons. The first kappa shape index (κ1) is 11.6. The molecule has 0 bridgehead atoms. The van der Waals surface area contributed by atoms with Crippen molar-refractivity contribution in [2.24, 2.45) is 0 Å². The van der Waals surface area contributed by atoms with Crippen molar-refractivity contribution >= 4 is 11.9 Å². The van der Waals surface area contributed by atoms with Crippen molar-refractivity contribution in [2.45, 2.75) is 19.4 Å². The summed E-state index contributed by atoms with van der Waals surface area (Å²) in [5.41, 5.74) is 0.952. The molecule has 0 unspecified atom stereocenters. The van der Waals surface area contributed by atoms with Crippen LogP contribution in [0.4, 0.5) is 0 Å². The van der Waals surface area contributed by atoms with E-state index in [1.54, 1.807) is 4.90 Å². The van der Waals surface area contributed by atoms with Gasteiger partial charge in [-0.2, -0.15) is 0 Å². The van der Waals surface area contributed by atoms with Gasteiger partial charge in [-0.05, 0) is 12.0 Å². The van der Waals surface area contributed by atoms with E-state index in [1.165, 1.54) is 0 Å². The van der Waals surface area contributed by atoms with E-state index in [0.717, 1.165) is 12.0 Å². The second kappa shape index (κ2) is 5.48. The number of ether oxygens (including phenoxy) is 1. The Morgan fingerprint density at radius 3 is 2.71 bits per heavy atom. The molecule has 1 aromatic rings. The quantitative estimate of drug-likeness (QED) is 0.737. The lowest BCUT2D eigenvalue weighted by Gasteiger charge is -2.14. The topological polar surface area (TPSA) is 46.6 Å². The Labute approximate surface area is 100 Å². The Balaban J connectivity index is 1.76. The van der Waals surface area contributed by atoms with Crippen molar-refractivity contribution in [3.05, 3.63) is 35.9 Å². The fourth-order valence-electron chi connectivity index (χ4n) is 1.81. The molecule has 0 atom stereocenters. The molecule has 0 N–H and O–H groups in total. The van der Waals surface area contributed by atoms with E-state index in [1.807, 2.05) is 30.3 Å². The molecule has 0 saturated carbocycles. The number of benzene rings is 1. The number of likely N-dealkylation sites (tertiary alicyclic amines) is 1. The molecular formula is C13H15NO3. The molecule has 0 aromatic heterocycles. The van der Waals surface area contributed by atoms with Crippen LogP contribution in [0.3, 0.4) is 0 Å². The smallest absolute Gasteiger partial charge is 0.325 e. The number of rotatable bonds is 4. The van der Waals surface area contributed by atoms with Gasteiger partial charge in [-0.1, -0.05) is 30.3 Å². The number of nitrogens with zero attached hydrogens (tertiary/aromatic N) is 1. The SMILES string of the molecule is O=C(CN1CCCC1=O)OCc1ccccc1. The summed E-state index contributed by atoms with van der Waals surface area (Å²) in [7, 11) is 0. The lowest BCUT2D eigenvalue weighted by Crippen LogP contribution is -2.31. The highest BCUT2D eigenvalue weighted by molar-refractivity contribution is 5.83. The monoisotopic (exact) mass is 233 g/mol. The van der Waals surface area contributed by atoms with Crippen LogP contribution in [0.15, 0.2) is 30.3 Å². The van der Waals surface area contributed by atoms with Crippen LogP contribution in [0.2, 0.25) is 0 Å². The van der Waals surface area contributed by atoms with Gasteiger partial charge < -0.3 is 9.64 Å². The van der Waals surface area contributed by atoms with Crippen LogP contribution in [-0.2, 0) is 20.9 Å². The van der Waals surface area contributed by atoms with E-state index in [2.05, 4.69) is 0 Å². The van der Waals surface area contributed by atoms with Crippen LogP contribution in [0.5, 0.6) is 0 Å². The predicted molar refractivity (Wildman–Crippen MR) is 62.1 cm³/mol. The minimum atomic E-state index is -0.343. The third-order valence-electron chi connectivity index (χ3n) is 2.73. The van der Waals surface area contributed by atoms with E-state index in [-0.39, 0.29) is 25.0 Å². The zero-order valence-corrected chi connectivity index (χ0v) is 9.59. The van der Waals surface area contributed by atoms with Crippen molar-refractivity contribution in [3.8, 4) is 0 Å². The summed E-state index contributed by atoms with van der Waals surface area (Å²) in [6, 6.07) is 9.50. The van der Waals surface area contributed by atoms with Gasteiger partial charge in [0.15, 0.2) is 0 Å². The maximum atomic E-state index is 11.5. The number of hydrogen-bond donors (Lipinski definition) is 0. The standard InChI is InChI=1S/C13H15NO3/c15-12-7-4-8-14(12)9-13(16)17-10-11-5-2-1-3-6-11/h1-3,5-6H,4,7-10H2. The number of carbonyl (C=O) groups excluding carboxylic acids is 2. The first-order valence-corrected chi connectivity index (χ1v) is 5.73. The summed E-state index contributed by atoms with van der Waals surface area (Å²) in [5, 5.41) is 0. The first-order valence-electron chi connectivity index (χ1n) is 5.73. The molecule has 0 aliphatic carbocycles. The molecule has 0 spiro atoms. The van der Waals surface area contributed by atoms with E-state index in [4.69, 9.17) is 4.74 Å². The largest absolute Gasteiger partial charge is 0.459 e. The second-order valence-corrected chi connectivity index (χ2v) is 4.07. The Morgan fingerprint density at radius 1 is 1.29 bits per heavy atom. The number of amides is 1. The van der Waals surface area contributed by atoms with E-state index >= 15 is 0 Å². The molecule has 2 rings (SSSR count). The zero-order chi connectivity index (χ0) is 12.1. The first-order chi connectivity index (χ1) is 8.25. The average molecular weight is 233 g/mol. The predicted octanol–water partition coefficient (Wildman–Crippen LogP) is 1.35. The number of carbonyl (C=O) groups is 2. The van der Waals surface area contributed by atoms with Crippen molar-refractivity contribution in [2.75, 3.05) is 13.1 Å². The van der Waals surface area contributed by atoms with Crippen LogP contribution >= 0.6 is 0 Å². The molecule has 1 amide bonds. The summed E-state index contributed by atoms with van der Waals surface area (Å²) < 4.78 is 5.11. The Bertz CT molecular complexity index is 402. The van der Waals surface area contributed by atoms with Crippen LogP contribution in [0.1, 0.15) is 18.4 Å². The second-order valence-electron chi connectivity index (χ2n) is 4.07. The summed E-state index contributed by atoms with van der Waals surface area (Å²) in [5.74, 6) is -0.300. The molecular weight excluding hydrogens is 218 g/mol. The molecule has 4 heteroatoms. The van der Waals surface area contributed by atoms with Gasteiger partial charge in [-0.25, -0.2) is 0 Å². The lowest BCUT2D eigenvalue weighted by molar-refractivity contribution is -0.149. The molecule has 90 valence electrons. The fourth-order valence-corrected chi connectivity index (χ4v) is 1.81. The highest BCUT2D eigenvalue weighted by atomic mass is 16.5. The van der Waals surface area contributed by atoms with Crippen LogP contribution < -0.4 is 0 Å². The summed E-state index contributed by atoms with van der Waals surface area (Å²) in [4.78, 5) is 24.4. The average Bonchev–Trinajstić information content (AvgIpc) is 2.74. The Hall–Kier alpha value is -1.84. The van der Waals surface area contributed by atoms with Gasteiger partial charge in [-0.3, -0.25) is 9.59 Å². The summed E-state index contributed by atoms with van der Waals surface area (Å²) >= 11 is 0. The van der Waals surface area contributed by atoms with Gasteiger partial charge in [-0.15, -0.1) is 0 Å². The van der Waals surface area contributed by atoms with Gasteiger partial charge in [0.05, 0.1) is 0 Å². The summed E-state index contributed by atoms with van der Waals surface area (Å²) in [6.45, 7) is 1.01. The third-order valence-corrected chi connectivity index (χ3v) is 2.73. The maximum Gasteiger partial charge on any atom is 0.325 e. The maximum absolute atomic E-state index is 11.5. The van der Waals surface area contributed by atoms with E-state index in [9.17, 15) is 9.59 Å². The number of esters is 1. The zero-order valence-electron chi connectivity index (χ0n) is 9.59. The number of hydrogen-bond acceptors (Lipinski definition) is 3. The molecule has 1 heterocycles. The highest BCUT2D eigenvalue weighted by Crippen LogP contribution is 2.09. The molecule has 1 aromatic carbocycles. The van der Waals surface area contributed by atoms with Gasteiger partial charge in [0.25, 0.3) is 0 Å². The van der Waals surface area contributed by atoms with Gasteiger partial charge in [0, 0.05) is 13.0 Å². The minimum Gasteiger partial charge on any atom is -0.459 e. The van der Waals surface area contributed by atoms with Gasteiger partial charge in [0.2, 0.25) is 5.91 Å². The van der Waals surface area contributed by atoms with Gasteiger partial charge >= 0.3 is 5.97 Å². The molecule has 4 nitrogen and oxygen atoms in total. The molecule has 1 fully saturated rings. The van der Waals surface area contributed by atoms with E-state index in [0.29, 0.717) is 13.0 Å². The van der Waals surface area contributed by atoms with Crippen molar-refractivity contribution in [1.82, 2.24) is 4.90 Å². The van der Waals surface area contributed by atoms with E-state index < -0.39 is 0 Å². The minimum absolute atomic E-state index is 0.0432. The van der Waals surface area contributed by atoms with Crippen molar-refractivity contribution < 1.29 is 14.3 Å². The van der Waals surface area contributed by atoms with Crippen LogP contribution in [0.25, 0.3) is 0 Å². The Morgan fingerprint density at radius 2 is 2.06 bits per heavy atom. The normalized spacial score (nSPS) is 15.1. The molecule has 1 aliphatic rings. The van der Waals surface area contributed by atoms with Crippen LogP contribution in [0, 0.1) is 0 Å². The lowest BCUT2D eigenvalue weighted by atomic mass is 10.2. The third kappa shape index (κ3) is 3.31. The fraction of sp³-hybridized carbons (Fsp3) is 0.385. The molecule has 17 heavy (non-hydrogen) atoms. The van der Waals surface area contributed by atoms with Crippen LogP contribution in [-0.4, -0.2) is 29.9 Å². The van der Waals surface area contributed by atoms with Crippen molar-refractivity contribution in [1.29, 1.82) is 0 Å². The highest BCUT2D eigenvalue weighted by Gasteiger charge is 2.22. The summed E-state index contributed by atoms with van der Waals surface area (Å²) in [6.07, 6.45) is 1.39. The molecule has 1 aliphatic heterocycles. The molecule has 1 saturated heterocycles.